The van der Waals surface area contributed by atoms with Gasteiger partial charge in [-0.1, -0.05) is 127 Å². The minimum absolute atomic E-state index is 0.880. The molecule has 0 aliphatic rings. The van der Waals surface area contributed by atoms with E-state index in [1.807, 2.05) is 23.5 Å². The van der Waals surface area contributed by atoms with Crippen molar-refractivity contribution in [3.05, 3.63) is 176 Å². The number of rotatable bonds is 5. The Kier molecular flexibility index (Phi) is 6.39. The van der Waals surface area contributed by atoms with Crippen LogP contribution in [0.25, 0.3) is 75.1 Å². The zero-order valence-corrected chi connectivity index (χ0v) is 27.3. The predicted molar refractivity (Wildman–Crippen MR) is 210 cm³/mol. The molecule has 0 saturated carbocycles. The molecule has 0 unspecified atom stereocenters. The molecular formula is C46H29NOS. The standard InChI is InChI=1S/C46H29NOS/c1-2-9-30(10-3-1)31-17-23-35(24-18-31)47(41-14-8-16-43-45(41)40-13-6-7-15-42(40)48-43)36-25-19-32(20-26-36)34-22-27-38-39-28-21-33-11-4-5-12-37(33)46(39)49-44(38)29-34/h1-29H. The zero-order chi connectivity index (χ0) is 32.3. The molecule has 3 heteroatoms. The second kappa shape index (κ2) is 11.2. The van der Waals surface area contributed by atoms with Crippen LogP contribution in [0.3, 0.4) is 0 Å². The van der Waals surface area contributed by atoms with Crippen molar-refractivity contribution in [1.82, 2.24) is 0 Å². The van der Waals surface area contributed by atoms with Crippen molar-refractivity contribution in [3.8, 4) is 22.3 Å². The first-order chi connectivity index (χ1) is 24.3. The van der Waals surface area contributed by atoms with Crippen LogP contribution in [-0.2, 0) is 0 Å². The van der Waals surface area contributed by atoms with Crippen LogP contribution in [0.15, 0.2) is 180 Å². The van der Waals surface area contributed by atoms with Gasteiger partial charge in [-0.2, -0.15) is 0 Å². The molecule has 0 saturated heterocycles. The summed E-state index contributed by atoms with van der Waals surface area (Å²) in [7, 11) is 0. The molecule has 0 radical (unpaired) electrons. The number of anilines is 3. The molecule has 0 bridgehead atoms. The summed E-state index contributed by atoms with van der Waals surface area (Å²) in [5.41, 5.74) is 9.84. The van der Waals surface area contributed by atoms with Crippen molar-refractivity contribution in [3.63, 3.8) is 0 Å². The Hall–Kier alpha value is -6.16. The van der Waals surface area contributed by atoms with Gasteiger partial charge in [-0.3, -0.25) is 0 Å². The van der Waals surface area contributed by atoms with Gasteiger partial charge in [-0.15, -0.1) is 11.3 Å². The molecule has 10 aromatic rings. The lowest BCUT2D eigenvalue weighted by Gasteiger charge is -2.26. The predicted octanol–water partition coefficient (Wildman–Crippen LogP) is 13.9. The Morgan fingerprint density at radius 2 is 1.02 bits per heavy atom. The average Bonchev–Trinajstić information content (AvgIpc) is 3.75. The third kappa shape index (κ3) is 4.62. The van der Waals surface area contributed by atoms with E-state index in [2.05, 4.69) is 169 Å². The third-order valence-electron chi connectivity index (χ3n) is 9.68. The summed E-state index contributed by atoms with van der Waals surface area (Å²) in [6, 6.07) is 63.1. The highest BCUT2D eigenvalue weighted by Gasteiger charge is 2.19. The minimum atomic E-state index is 0.880. The molecule has 0 N–H and O–H groups in total. The van der Waals surface area contributed by atoms with E-state index in [9.17, 15) is 0 Å². The largest absolute Gasteiger partial charge is 0.456 e. The van der Waals surface area contributed by atoms with Crippen LogP contribution in [0.5, 0.6) is 0 Å². The molecule has 0 aliphatic carbocycles. The third-order valence-corrected chi connectivity index (χ3v) is 10.9. The van der Waals surface area contributed by atoms with Crippen LogP contribution in [0.1, 0.15) is 0 Å². The van der Waals surface area contributed by atoms with Crippen molar-refractivity contribution in [2.24, 2.45) is 0 Å². The molecule has 49 heavy (non-hydrogen) atoms. The first kappa shape index (κ1) is 27.9. The van der Waals surface area contributed by atoms with Crippen LogP contribution in [0, 0.1) is 0 Å². The SMILES string of the molecule is c1ccc(-c2ccc(N(c3ccc(-c4ccc5c(c4)sc4c6ccccc6ccc54)cc3)c3cccc4oc5ccccc5c34)cc2)cc1. The maximum atomic E-state index is 6.32. The molecule has 10 rings (SSSR count). The quantitative estimate of drug-likeness (QED) is 0.186. The second-order valence-electron chi connectivity index (χ2n) is 12.5. The van der Waals surface area contributed by atoms with Crippen LogP contribution >= 0.6 is 11.3 Å². The van der Waals surface area contributed by atoms with Crippen molar-refractivity contribution >= 4 is 81.3 Å². The molecule has 230 valence electrons. The fraction of sp³-hybridized carbons (Fsp3) is 0. The number of nitrogens with zero attached hydrogens (tertiary/aromatic N) is 1. The normalized spacial score (nSPS) is 11.7. The lowest BCUT2D eigenvalue weighted by Crippen LogP contribution is -2.10. The van der Waals surface area contributed by atoms with Crippen molar-refractivity contribution in [1.29, 1.82) is 0 Å². The van der Waals surface area contributed by atoms with Crippen LogP contribution in [0.4, 0.5) is 17.1 Å². The van der Waals surface area contributed by atoms with Crippen LogP contribution in [0.2, 0.25) is 0 Å². The summed E-state index contributed by atoms with van der Waals surface area (Å²) in [6.07, 6.45) is 0. The van der Waals surface area contributed by atoms with Gasteiger partial charge < -0.3 is 9.32 Å². The first-order valence-electron chi connectivity index (χ1n) is 16.6. The first-order valence-corrected chi connectivity index (χ1v) is 17.4. The lowest BCUT2D eigenvalue weighted by atomic mass is 10.0. The van der Waals surface area contributed by atoms with Gasteiger partial charge in [0.2, 0.25) is 0 Å². The summed E-state index contributed by atoms with van der Waals surface area (Å²) in [5, 5.41) is 7.48. The highest BCUT2D eigenvalue weighted by atomic mass is 32.1. The van der Waals surface area contributed by atoms with Crippen LogP contribution < -0.4 is 4.90 Å². The van der Waals surface area contributed by atoms with Crippen molar-refractivity contribution < 1.29 is 4.42 Å². The van der Waals surface area contributed by atoms with Crippen molar-refractivity contribution in [2.75, 3.05) is 4.90 Å². The maximum Gasteiger partial charge on any atom is 0.137 e. The Balaban J connectivity index is 1.09. The zero-order valence-electron chi connectivity index (χ0n) is 26.5. The highest BCUT2D eigenvalue weighted by Crippen LogP contribution is 2.44. The van der Waals surface area contributed by atoms with Crippen molar-refractivity contribution in [2.45, 2.75) is 0 Å². The Morgan fingerprint density at radius 3 is 1.82 bits per heavy atom. The smallest absolute Gasteiger partial charge is 0.137 e. The number of benzene rings is 8. The number of para-hydroxylation sites is 1. The van der Waals surface area contributed by atoms with E-state index < -0.39 is 0 Å². The number of hydrogen-bond donors (Lipinski definition) is 0. The monoisotopic (exact) mass is 643 g/mol. The number of thiophene rings is 1. The second-order valence-corrected chi connectivity index (χ2v) is 13.6. The van der Waals surface area contributed by atoms with E-state index in [0.717, 1.165) is 39.0 Å². The number of hydrogen-bond acceptors (Lipinski definition) is 3. The minimum Gasteiger partial charge on any atom is -0.456 e. The van der Waals surface area contributed by atoms with E-state index in [1.54, 1.807) is 0 Å². The molecule has 0 amide bonds. The molecule has 0 spiro atoms. The summed E-state index contributed by atoms with van der Waals surface area (Å²) in [5.74, 6) is 0. The average molecular weight is 644 g/mol. The molecule has 2 nitrogen and oxygen atoms in total. The molecule has 0 fully saturated rings. The van der Waals surface area contributed by atoms with Gasteiger partial charge in [0.1, 0.15) is 11.2 Å². The van der Waals surface area contributed by atoms with Gasteiger partial charge in [-0.05, 0) is 81.6 Å². The lowest BCUT2D eigenvalue weighted by molar-refractivity contribution is 0.669. The number of furan rings is 1. The summed E-state index contributed by atoms with van der Waals surface area (Å²) in [4.78, 5) is 2.35. The fourth-order valence-electron chi connectivity index (χ4n) is 7.29. The molecule has 8 aromatic carbocycles. The van der Waals surface area contributed by atoms with Gasteiger partial charge in [0, 0.05) is 36.9 Å². The molecule has 0 aliphatic heterocycles. The topological polar surface area (TPSA) is 16.4 Å². The van der Waals surface area contributed by atoms with E-state index >= 15 is 0 Å². The van der Waals surface area contributed by atoms with E-state index in [0.29, 0.717) is 0 Å². The Morgan fingerprint density at radius 1 is 0.408 bits per heavy atom. The molecular weight excluding hydrogens is 615 g/mol. The summed E-state index contributed by atoms with van der Waals surface area (Å²) >= 11 is 1.89. The van der Waals surface area contributed by atoms with E-state index in [-0.39, 0.29) is 0 Å². The van der Waals surface area contributed by atoms with Gasteiger partial charge >= 0.3 is 0 Å². The number of fused-ring (bicyclic) bond motifs is 8. The molecule has 0 atom stereocenters. The Bertz CT molecular complexity index is 2810. The van der Waals surface area contributed by atoms with Gasteiger partial charge in [0.25, 0.3) is 0 Å². The maximum absolute atomic E-state index is 6.32. The van der Waals surface area contributed by atoms with Crippen LogP contribution in [-0.4, -0.2) is 0 Å². The van der Waals surface area contributed by atoms with Gasteiger partial charge in [0.15, 0.2) is 0 Å². The van der Waals surface area contributed by atoms with E-state index in [4.69, 9.17) is 4.42 Å². The fourth-order valence-corrected chi connectivity index (χ4v) is 8.57. The molecule has 2 aromatic heterocycles. The van der Waals surface area contributed by atoms with Gasteiger partial charge in [0.05, 0.1) is 11.1 Å². The Labute approximate surface area is 287 Å². The van der Waals surface area contributed by atoms with Gasteiger partial charge in [-0.25, -0.2) is 0 Å². The summed E-state index contributed by atoms with van der Waals surface area (Å²) in [6.45, 7) is 0. The molecule has 2 heterocycles. The highest BCUT2D eigenvalue weighted by molar-refractivity contribution is 7.26. The summed E-state index contributed by atoms with van der Waals surface area (Å²) < 4.78 is 8.99. The van der Waals surface area contributed by atoms with E-state index in [1.165, 1.54) is 53.2 Å².